The van der Waals surface area contributed by atoms with Crippen molar-refractivity contribution in [1.29, 1.82) is 0 Å². The number of rotatable bonds is 8. The number of ether oxygens (including phenoxy) is 2. The van der Waals surface area contributed by atoms with Gasteiger partial charge in [-0.05, 0) is 53.7 Å². The summed E-state index contributed by atoms with van der Waals surface area (Å²) in [6.45, 7) is -0.458. The zero-order valence-electron chi connectivity index (χ0n) is 19.0. The standard InChI is InChI=1S/C24H17ClN4O7S/c1-35-19-8-4-15(11-18(19)25)27-21(30)13-28-23(31)20(37-24(28)32)10-14-2-6-17(7-3-14)36-22-9-5-16(12-26-22)29(33)34/h2-12H,13H2,1H3,(H,27,30)/b20-10-. The van der Waals surface area contributed by atoms with Crippen LogP contribution in [0.25, 0.3) is 6.08 Å². The maximum Gasteiger partial charge on any atom is 0.294 e. The van der Waals surface area contributed by atoms with Gasteiger partial charge in [0.15, 0.2) is 0 Å². The van der Waals surface area contributed by atoms with E-state index < -0.39 is 28.5 Å². The van der Waals surface area contributed by atoms with E-state index in [2.05, 4.69) is 10.3 Å². The van der Waals surface area contributed by atoms with Crippen molar-refractivity contribution in [3.05, 3.63) is 86.4 Å². The fourth-order valence-corrected chi connectivity index (χ4v) is 4.27. The first-order valence-electron chi connectivity index (χ1n) is 10.5. The fourth-order valence-electron chi connectivity index (χ4n) is 3.17. The van der Waals surface area contributed by atoms with Gasteiger partial charge in [0.05, 0.1) is 22.0 Å². The lowest BCUT2D eigenvalue weighted by Gasteiger charge is -2.13. The first-order valence-corrected chi connectivity index (χ1v) is 11.7. The van der Waals surface area contributed by atoms with E-state index in [0.29, 0.717) is 27.8 Å². The molecule has 4 rings (SSSR count). The average Bonchev–Trinajstić information content (AvgIpc) is 3.13. The molecule has 1 N–H and O–H groups in total. The molecule has 1 saturated heterocycles. The second-order valence-corrected chi connectivity index (χ2v) is 8.85. The van der Waals surface area contributed by atoms with Crippen LogP contribution in [-0.2, 0) is 9.59 Å². The zero-order valence-corrected chi connectivity index (χ0v) is 20.6. The Balaban J connectivity index is 1.37. The Morgan fingerprint density at radius 3 is 2.57 bits per heavy atom. The summed E-state index contributed by atoms with van der Waals surface area (Å²) in [5, 5.41) is 13.0. The van der Waals surface area contributed by atoms with Crippen LogP contribution in [-0.4, -0.2) is 45.5 Å². The molecule has 37 heavy (non-hydrogen) atoms. The van der Waals surface area contributed by atoms with Crippen LogP contribution in [0.1, 0.15) is 5.56 Å². The number of amides is 3. The van der Waals surface area contributed by atoms with Gasteiger partial charge in [-0.15, -0.1) is 0 Å². The highest BCUT2D eigenvalue weighted by Crippen LogP contribution is 2.33. The summed E-state index contributed by atoms with van der Waals surface area (Å²) >= 11 is 6.78. The maximum atomic E-state index is 12.7. The number of hydrogen-bond donors (Lipinski definition) is 1. The van der Waals surface area contributed by atoms with Crippen LogP contribution in [0.2, 0.25) is 5.02 Å². The normalized spacial score (nSPS) is 14.1. The number of nitrogens with one attached hydrogen (secondary N) is 1. The van der Waals surface area contributed by atoms with Gasteiger partial charge in [0.25, 0.3) is 16.8 Å². The second kappa shape index (κ2) is 11.1. The minimum absolute atomic E-state index is 0.153. The van der Waals surface area contributed by atoms with Crippen molar-refractivity contribution in [3.63, 3.8) is 0 Å². The summed E-state index contributed by atoms with van der Waals surface area (Å²) in [5.41, 5.74) is 0.857. The Kier molecular flexibility index (Phi) is 7.70. The molecule has 0 atom stereocenters. The van der Waals surface area contributed by atoms with E-state index in [4.69, 9.17) is 21.1 Å². The molecular formula is C24H17ClN4O7S. The highest BCUT2D eigenvalue weighted by atomic mass is 35.5. The quantitative estimate of drug-likeness (QED) is 0.234. The van der Waals surface area contributed by atoms with Gasteiger partial charge in [0, 0.05) is 17.8 Å². The monoisotopic (exact) mass is 540 g/mol. The molecule has 1 fully saturated rings. The van der Waals surface area contributed by atoms with E-state index in [-0.39, 0.29) is 16.5 Å². The lowest BCUT2D eigenvalue weighted by Crippen LogP contribution is -2.36. The Hall–Kier alpha value is -4.42. The number of methoxy groups -OCH3 is 1. The highest BCUT2D eigenvalue weighted by Gasteiger charge is 2.36. The molecule has 13 heteroatoms. The van der Waals surface area contributed by atoms with Gasteiger partial charge in [-0.25, -0.2) is 4.98 Å². The molecular weight excluding hydrogens is 524 g/mol. The van der Waals surface area contributed by atoms with Gasteiger partial charge in [-0.3, -0.25) is 29.4 Å². The molecule has 0 spiro atoms. The summed E-state index contributed by atoms with van der Waals surface area (Å²) in [6, 6.07) is 13.9. The summed E-state index contributed by atoms with van der Waals surface area (Å²) in [5.74, 6) is -0.116. The molecule has 188 valence electrons. The average molecular weight is 541 g/mol. The highest BCUT2D eigenvalue weighted by molar-refractivity contribution is 8.18. The number of halogens is 1. The van der Waals surface area contributed by atoms with Crippen molar-refractivity contribution in [2.45, 2.75) is 0 Å². The molecule has 2 aromatic carbocycles. The molecule has 0 aliphatic carbocycles. The number of thioether (sulfide) groups is 1. The molecule has 1 aromatic heterocycles. The van der Waals surface area contributed by atoms with Crippen LogP contribution < -0.4 is 14.8 Å². The van der Waals surface area contributed by atoms with Gasteiger partial charge in [0.2, 0.25) is 11.8 Å². The number of anilines is 1. The number of imide groups is 1. The SMILES string of the molecule is COc1ccc(NC(=O)CN2C(=O)S/C(=C\c3ccc(Oc4ccc([N+](=O)[O-])cn4)cc3)C2=O)cc1Cl. The summed E-state index contributed by atoms with van der Waals surface area (Å²) in [4.78, 5) is 52.6. The van der Waals surface area contributed by atoms with Crippen molar-refractivity contribution >= 4 is 57.9 Å². The van der Waals surface area contributed by atoms with Crippen LogP contribution in [0, 0.1) is 10.1 Å². The van der Waals surface area contributed by atoms with Crippen molar-refractivity contribution in [2.75, 3.05) is 19.0 Å². The first-order chi connectivity index (χ1) is 17.7. The third kappa shape index (κ3) is 6.23. The van der Waals surface area contributed by atoms with E-state index in [1.54, 1.807) is 36.4 Å². The minimum atomic E-state index is -0.590. The summed E-state index contributed by atoms with van der Waals surface area (Å²) < 4.78 is 10.6. The Labute approximate surface area is 219 Å². The number of nitrogens with zero attached hydrogens (tertiary/aromatic N) is 3. The maximum absolute atomic E-state index is 12.7. The Morgan fingerprint density at radius 2 is 1.95 bits per heavy atom. The predicted molar refractivity (Wildman–Crippen MR) is 137 cm³/mol. The largest absolute Gasteiger partial charge is 0.495 e. The van der Waals surface area contributed by atoms with Gasteiger partial charge < -0.3 is 14.8 Å². The van der Waals surface area contributed by atoms with Crippen LogP contribution in [0.4, 0.5) is 16.2 Å². The van der Waals surface area contributed by atoms with Crippen LogP contribution >= 0.6 is 23.4 Å². The first kappa shape index (κ1) is 25.7. The number of hydrogen-bond acceptors (Lipinski definition) is 9. The predicted octanol–water partition coefficient (Wildman–Crippen LogP) is 5.12. The number of nitro groups is 1. The molecule has 3 amide bonds. The number of carbonyl (C=O) groups is 3. The molecule has 3 aromatic rings. The van der Waals surface area contributed by atoms with Crippen molar-refractivity contribution in [2.24, 2.45) is 0 Å². The Bertz CT molecular complexity index is 1410. The molecule has 0 saturated carbocycles. The van der Waals surface area contributed by atoms with Crippen LogP contribution in [0.3, 0.4) is 0 Å². The lowest BCUT2D eigenvalue weighted by atomic mass is 10.2. The molecule has 1 aliphatic rings. The third-order valence-corrected chi connectivity index (χ3v) is 6.15. The molecule has 2 heterocycles. The fraction of sp³-hybridized carbons (Fsp3) is 0.0833. The van der Waals surface area contributed by atoms with Gasteiger partial charge in [-0.2, -0.15) is 0 Å². The number of pyridine rings is 1. The second-order valence-electron chi connectivity index (χ2n) is 7.45. The number of carbonyl (C=O) groups excluding carboxylic acids is 3. The molecule has 0 unspecified atom stereocenters. The molecule has 1 aliphatic heterocycles. The van der Waals surface area contributed by atoms with E-state index in [9.17, 15) is 24.5 Å². The van der Waals surface area contributed by atoms with Gasteiger partial charge in [0.1, 0.15) is 24.2 Å². The van der Waals surface area contributed by atoms with Crippen molar-refractivity contribution < 1.29 is 28.8 Å². The van der Waals surface area contributed by atoms with E-state index in [1.807, 2.05) is 0 Å². The van der Waals surface area contributed by atoms with Crippen molar-refractivity contribution in [3.8, 4) is 17.4 Å². The molecule has 0 bridgehead atoms. The van der Waals surface area contributed by atoms with E-state index in [0.717, 1.165) is 22.9 Å². The van der Waals surface area contributed by atoms with E-state index in [1.165, 1.54) is 31.4 Å². The van der Waals surface area contributed by atoms with Gasteiger partial charge >= 0.3 is 0 Å². The molecule has 0 radical (unpaired) electrons. The smallest absolute Gasteiger partial charge is 0.294 e. The zero-order chi connectivity index (χ0) is 26.5. The van der Waals surface area contributed by atoms with Gasteiger partial charge in [-0.1, -0.05) is 23.7 Å². The summed E-state index contributed by atoms with van der Waals surface area (Å²) in [6.07, 6.45) is 2.62. The van der Waals surface area contributed by atoms with Crippen molar-refractivity contribution in [1.82, 2.24) is 9.88 Å². The topological polar surface area (TPSA) is 141 Å². The van der Waals surface area contributed by atoms with Crippen LogP contribution in [0.15, 0.2) is 65.7 Å². The number of aromatic nitrogens is 1. The van der Waals surface area contributed by atoms with Crippen LogP contribution in [0.5, 0.6) is 17.4 Å². The number of benzene rings is 2. The lowest BCUT2D eigenvalue weighted by molar-refractivity contribution is -0.385. The Morgan fingerprint density at radius 1 is 1.19 bits per heavy atom. The summed E-state index contributed by atoms with van der Waals surface area (Å²) in [7, 11) is 1.47. The third-order valence-electron chi connectivity index (χ3n) is 4.94. The van der Waals surface area contributed by atoms with E-state index >= 15 is 0 Å². The molecule has 11 nitrogen and oxygen atoms in total. The minimum Gasteiger partial charge on any atom is -0.495 e.